The quantitative estimate of drug-likeness (QED) is 0.776. The molecule has 4 nitrogen and oxygen atoms in total. The van der Waals surface area contributed by atoms with E-state index in [1.54, 1.807) is 0 Å². The highest BCUT2D eigenvalue weighted by Gasteiger charge is 2.20. The van der Waals surface area contributed by atoms with Gasteiger partial charge in [-0.25, -0.2) is 0 Å². The van der Waals surface area contributed by atoms with Crippen molar-refractivity contribution < 1.29 is 4.79 Å². The summed E-state index contributed by atoms with van der Waals surface area (Å²) in [5, 5.41) is 7.31. The maximum atomic E-state index is 12.1. The second kappa shape index (κ2) is 6.11. The molecule has 0 bridgehead atoms. The van der Waals surface area contributed by atoms with Crippen LogP contribution in [-0.4, -0.2) is 15.7 Å². The van der Waals surface area contributed by atoms with Crippen molar-refractivity contribution in [3.63, 3.8) is 0 Å². The van der Waals surface area contributed by atoms with Gasteiger partial charge in [-0.15, -0.1) is 0 Å². The lowest BCUT2D eigenvalue weighted by atomic mass is 10.3. The van der Waals surface area contributed by atoms with Crippen LogP contribution in [0.2, 0.25) is 10.2 Å². The van der Waals surface area contributed by atoms with Gasteiger partial charge in [0.25, 0.3) is 5.91 Å². The lowest BCUT2D eigenvalue weighted by molar-refractivity contribution is 0.102. The SMILES string of the molecule is CCn1nc(C(=O)Nc2ccccc2I)c(Cl)c1Cl. The lowest BCUT2D eigenvalue weighted by Crippen LogP contribution is -2.14. The van der Waals surface area contributed by atoms with Crippen molar-refractivity contribution in [1.29, 1.82) is 0 Å². The van der Waals surface area contributed by atoms with Crippen LogP contribution in [0.25, 0.3) is 0 Å². The van der Waals surface area contributed by atoms with Gasteiger partial charge in [0.2, 0.25) is 0 Å². The molecule has 0 saturated heterocycles. The van der Waals surface area contributed by atoms with Crippen molar-refractivity contribution in [2.45, 2.75) is 13.5 Å². The molecule has 100 valence electrons. The summed E-state index contributed by atoms with van der Waals surface area (Å²) in [6.45, 7) is 2.42. The Morgan fingerprint density at radius 1 is 1.42 bits per heavy atom. The van der Waals surface area contributed by atoms with E-state index in [1.165, 1.54) is 4.68 Å². The minimum Gasteiger partial charge on any atom is -0.320 e. The zero-order valence-corrected chi connectivity index (χ0v) is 13.6. The molecule has 0 fully saturated rings. The van der Waals surface area contributed by atoms with Crippen LogP contribution in [-0.2, 0) is 6.54 Å². The van der Waals surface area contributed by atoms with Gasteiger partial charge in [0.05, 0.1) is 5.69 Å². The van der Waals surface area contributed by atoms with Gasteiger partial charge >= 0.3 is 0 Å². The molecule has 7 heteroatoms. The topological polar surface area (TPSA) is 46.9 Å². The maximum absolute atomic E-state index is 12.1. The summed E-state index contributed by atoms with van der Waals surface area (Å²) in [5.74, 6) is -0.372. The minimum absolute atomic E-state index is 0.133. The first-order chi connectivity index (χ1) is 9.04. The van der Waals surface area contributed by atoms with E-state index in [2.05, 4.69) is 33.0 Å². The molecule has 0 atom stereocenters. The molecule has 0 radical (unpaired) electrons. The van der Waals surface area contributed by atoms with E-state index in [1.807, 2.05) is 31.2 Å². The van der Waals surface area contributed by atoms with Crippen LogP contribution in [0, 0.1) is 3.57 Å². The Balaban J connectivity index is 2.28. The van der Waals surface area contributed by atoms with E-state index >= 15 is 0 Å². The predicted octanol–water partition coefficient (Wildman–Crippen LogP) is 4.07. The summed E-state index contributed by atoms with van der Waals surface area (Å²) in [4.78, 5) is 12.1. The third-order valence-corrected chi connectivity index (χ3v) is 4.25. The summed E-state index contributed by atoms with van der Waals surface area (Å²) in [7, 11) is 0. The smallest absolute Gasteiger partial charge is 0.277 e. The number of benzene rings is 1. The predicted molar refractivity (Wildman–Crippen MR) is 85.0 cm³/mol. The molecule has 0 aliphatic carbocycles. The summed E-state index contributed by atoms with van der Waals surface area (Å²) in [5.41, 5.74) is 0.847. The number of hydrogen-bond acceptors (Lipinski definition) is 2. The summed E-state index contributed by atoms with van der Waals surface area (Å²) in [6, 6.07) is 7.45. The van der Waals surface area contributed by atoms with Crippen molar-refractivity contribution >= 4 is 57.4 Å². The second-order valence-electron chi connectivity index (χ2n) is 3.70. The van der Waals surface area contributed by atoms with E-state index in [4.69, 9.17) is 23.2 Å². The first-order valence-electron chi connectivity index (χ1n) is 5.52. The zero-order chi connectivity index (χ0) is 14.0. The number of carbonyl (C=O) groups excluding carboxylic acids is 1. The van der Waals surface area contributed by atoms with Gasteiger partial charge in [-0.05, 0) is 41.6 Å². The number of nitrogens with zero attached hydrogens (tertiary/aromatic N) is 2. The fraction of sp³-hybridized carbons (Fsp3) is 0.167. The van der Waals surface area contributed by atoms with E-state index in [9.17, 15) is 4.79 Å². The van der Waals surface area contributed by atoms with Crippen LogP contribution in [0.5, 0.6) is 0 Å². The largest absolute Gasteiger partial charge is 0.320 e. The number of hydrogen-bond donors (Lipinski definition) is 1. The molecule has 1 aromatic heterocycles. The molecule has 0 spiro atoms. The molecular weight excluding hydrogens is 400 g/mol. The highest BCUT2D eigenvalue weighted by Crippen LogP contribution is 2.27. The number of anilines is 1. The molecule has 0 aliphatic heterocycles. The van der Waals surface area contributed by atoms with Gasteiger partial charge < -0.3 is 5.32 Å². The third kappa shape index (κ3) is 3.04. The lowest BCUT2D eigenvalue weighted by Gasteiger charge is -2.05. The Labute approximate surface area is 134 Å². The summed E-state index contributed by atoms with van der Waals surface area (Å²) >= 11 is 14.1. The van der Waals surface area contributed by atoms with Crippen molar-refractivity contribution in [2.24, 2.45) is 0 Å². The van der Waals surface area contributed by atoms with Gasteiger partial charge in [-0.3, -0.25) is 9.48 Å². The van der Waals surface area contributed by atoms with Gasteiger partial charge in [0, 0.05) is 10.1 Å². The van der Waals surface area contributed by atoms with Crippen molar-refractivity contribution in [1.82, 2.24) is 9.78 Å². The van der Waals surface area contributed by atoms with Crippen molar-refractivity contribution in [3.8, 4) is 0 Å². The number of nitrogens with one attached hydrogen (secondary N) is 1. The number of aromatic nitrogens is 2. The number of carbonyl (C=O) groups is 1. The highest BCUT2D eigenvalue weighted by atomic mass is 127. The molecule has 0 saturated carbocycles. The maximum Gasteiger partial charge on any atom is 0.277 e. The number of amides is 1. The number of para-hydroxylation sites is 1. The summed E-state index contributed by atoms with van der Waals surface area (Å²) < 4.78 is 2.42. The van der Waals surface area contributed by atoms with Gasteiger partial charge in [-0.1, -0.05) is 35.3 Å². The van der Waals surface area contributed by atoms with Crippen LogP contribution >= 0.6 is 45.8 Å². The Morgan fingerprint density at radius 2 is 2.11 bits per heavy atom. The Hall–Kier alpha value is -0.790. The van der Waals surface area contributed by atoms with Crippen molar-refractivity contribution in [3.05, 3.63) is 43.7 Å². The van der Waals surface area contributed by atoms with E-state index in [0.717, 1.165) is 3.57 Å². The second-order valence-corrected chi connectivity index (χ2v) is 5.60. The number of rotatable bonds is 3. The highest BCUT2D eigenvalue weighted by molar-refractivity contribution is 14.1. The molecule has 0 unspecified atom stereocenters. The number of aryl methyl sites for hydroxylation is 1. The van der Waals surface area contributed by atoms with Crippen LogP contribution in [0.15, 0.2) is 24.3 Å². The molecule has 1 N–H and O–H groups in total. The van der Waals surface area contributed by atoms with Gasteiger partial charge in [0.15, 0.2) is 5.69 Å². The van der Waals surface area contributed by atoms with Gasteiger partial charge in [-0.2, -0.15) is 5.10 Å². The Kier molecular flexibility index (Phi) is 4.70. The fourth-order valence-electron chi connectivity index (χ4n) is 1.52. The first kappa shape index (κ1) is 14.6. The monoisotopic (exact) mass is 409 g/mol. The average Bonchev–Trinajstić information content (AvgIpc) is 2.69. The summed E-state index contributed by atoms with van der Waals surface area (Å²) in [6.07, 6.45) is 0. The first-order valence-corrected chi connectivity index (χ1v) is 7.35. The minimum atomic E-state index is -0.372. The molecule has 1 heterocycles. The van der Waals surface area contributed by atoms with E-state index in [0.29, 0.717) is 12.2 Å². The van der Waals surface area contributed by atoms with Crippen molar-refractivity contribution in [2.75, 3.05) is 5.32 Å². The Morgan fingerprint density at radius 3 is 2.68 bits per heavy atom. The molecule has 1 aromatic carbocycles. The molecule has 0 aliphatic rings. The standard InChI is InChI=1S/C12H10Cl2IN3O/c1-2-18-11(14)9(13)10(17-18)12(19)16-8-6-4-3-5-7(8)15/h3-6H,2H2,1H3,(H,16,19). The van der Waals surface area contributed by atoms with E-state index in [-0.39, 0.29) is 21.8 Å². The molecule has 19 heavy (non-hydrogen) atoms. The van der Waals surface area contributed by atoms with Crippen LogP contribution in [0.4, 0.5) is 5.69 Å². The number of halogens is 3. The molecule has 1 amide bonds. The Bertz CT molecular complexity index is 627. The molecule has 2 aromatic rings. The molecular formula is C12H10Cl2IN3O. The third-order valence-electron chi connectivity index (χ3n) is 2.47. The van der Waals surface area contributed by atoms with E-state index < -0.39 is 0 Å². The average molecular weight is 410 g/mol. The van der Waals surface area contributed by atoms with Gasteiger partial charge in [0.1, 0.15) is 10.2 Å². The van der Waals surface area contributed by atoms with Crippen LogP contribution < -0.4 is 5.32 Å². The van der Waals surface area contributed by atoms with Crippen LogP contribution in [0.3, 0.4) is 0 Å². The normalized spacial score (nSPS) is 10.5. The fourth-order valence-corrected chi connectivity index (χ4v) is 2.51. The zero-order valence-electron chi connectivity index (χ0n) is 9.95. The van der Waals surface area contributed by atoms with Crippen LogP contribution in [0.1, 0.15) is 17.4 Å². The molecule has 2 rings (SSSR count).